The molecule has 2 spiro atoms. The first kappa shape index (κ1) is 18.6. The van der Waals surface area contributed by atoms with E-state index < -0.39 is 16.8 Å². The summed E-state index contributed by atoms with van der Waals surface area (Å²) in [4.78, 5) is 22.8. The Morgan fingerprint density at radius 2 is 1.90 bits per heavy atom. The number of aromatic nitrogens is 2. The molecule has 0 bridgehead atoms. The number of amides is 1. The second kappa shape index (κ2) is 6.17. The number of fused-ring (bicyclic) bond motifs is 2. The van der Waals surface area contributed by atoms with Gasteiger partial charge in [-0.2, -0.15) is 9.97 Å². The number of ether oxygens (including phenoxy) is 1. The molecule has 1 atom stereocenters. The topological polar surface area (TPSA) is 79.4 Å². The summed E-state index contributed by atoms with van der Waals surface area (Å²) in [6.07, 6.45) is 5.44. The van der Waals surface area contributed by atoms with E-state index in [1.807, 2.05) is 0 Å². The summed E-state index contributed by atoms with van der Waals surface area (Å²) >= 11 is 0. The van der Waals surface area contributed by atoms with Gasteiger partial charge in [0.1, 0.15) is 5.82 Å². The van der Waals surface area contributed by atoms with Crippen LogP contribution in [-0.2, 0) is 11.2 Å². The van der Waals surface area contributed by atoms with Gasteiger partial charge in [-0.3, -0.25) is 4.79 Å². The van der Waals surface area contributed by atoms with E-state index in [1.54, 1.807) is 0 Å². The van der Waals surface area contributed by atoms with Gasteiger partial charge in [0.25, 0.3) is 5.92 Å². The molecule has 0 aromatic carbocycles. The van der Waals surface area contributed by atoms with Crippen LogP contribution in [0.25, 0.3) is 0 Å². The SMILES string of the molecule is O=C1CC[C@@H](CNc2nc3c(c(N4CCC5(CC4)C(F)(F)C54CCC4)n2)CCO3)N1. The zero-order valence-corrected chi connectivity index (χ0v) is 17.0. The number of hydrogen-bond acceptors (Lipinski definition) is 6. The van der Waals surface area contributed by atoms with E-state index in [1.165, 1.54) is 0 Å². The highest BCUT2D eigenvalue weighted by Crippen LogP contribution is 2.85. The molecule has 2 N–H and O–H groups in total. The maximum atomic E-state index is 14.8. The monoisotopic (exact) mass is 419 g/mol. The van der Waals surface area contributed by atoms with E-state index in [4.69, 9.17) is 9.72 Å². The van der Waals surface area contributed by atoms with E-state index in [0.717, 1.165) is 30.6 Å². The van der Waals surface area contributed by atoms with Crippen molar-refractivity contribution >= 4 is 17.7 Å². The molecule has 4 heterocycles. The van der Waals surface area contributed by atoms with Gasteiger partial charge in [-0.1, -0.05) is 6.42 Å². The molecule has 1 aromatic heterocycles. The molecule has 6 rings (SSSR count). The maximum Gasteiger partial charge on any atom is 0.260 e. The molecule has 162 valence electrons. The Balaban J connectivity index is 1.19. The van der Waals surface area contributed by atoms with Crippen LogP contribution in [-0.4, -0.2) is 54.1 Å². The zero-order valence-electron chi connectivity index (χ0n) is 17.0. The van der Waals surface area contributed by atoms with Gasteiger partial charge in [0.2, 0.25) is 17.7 Å². The average molecular weight is 419 g/mol. The van der Waals surface area contributed by atoms with Crippen LogP contribution in [0.2, 0.25) is 0 Å². The Labute approximate surface area is 174 Å². The predicted molar refractivity (Wildman–Crippen MR) is 106 cm³/mol. The molecule has 7 nitrogen and oxygen atoms in total. The van der Waals surface area contributed by atoms with Crippen molar-refractivity contribution in [2.24, 2.45) is 10.8 Å². The van der Waals surface area contributed by atoms with Gasteiger partial charge in [-0.05, 0) is 32.1 Å². The van der Waals surface area contributed by atoms with E-state index >= 15 is 0 Å². The molecular weight excluding hydrogens is 392 g/mol. The Hall–Kier alpha value is -2.19. The second-order valence-electron chi connectivity index (χ2n) is 9.52. The third kappa shape index (κ3) is 2.32. The first-order chi connectivity index (χ1) is 14.5. The molecule has 3 aliphatic heterocycles. The maximum absolute atomic E-state index is 14.8. The lowest BCUT2D eigenvalue weighted by molar-refractivity contribution is -0.119. The van der Waals surface area contributed by atoms with Gasteiger partial charge >= 0.3 is 0 Å². The highest BCUT2D eigenvalue weighted by atomic mass is 19.3. The van der Waals surface area contributed by atoms with Crippen molar-refractivity contribution in [1.29, 1.82) is 0 Å². The van der Waals surface area contributed by atoms with Crippen molar-refractivity contribution in [3.63, 3.8) is 0 Å². The Bertz CT molecular complexity index is 896. The largest absolute Gasteiger partial charge is 0.477 e. The first-order valence-electron chi connectivity index (χ1n) is 11.2. The second-order valence-corrected chi connectivity index (χ2v) is 9.52. The fourth-order valence-electron chi connectivity index (χ4n) is 6.38. The molecule has 30 heavy (non-hydrogen) atoms. The number of alkyl halides is 2. The lowest BCUT2D eigenvalue weighted by Crippen LogP contribution is -2.39. The first-order valence-corrected chi connectivity index (χ1v) is 11.2. The minimum Gasteiger partial charge on any atom is -0.477 e. The number of carbonyl (C=O) groups is 1. The summed E-state index contributed by atoms with van der Waals surface area (Å²) in [7, 11) is 0. The molecule has 1 amide bonds. The average Bonchev–Trinajstić information content (AvgIpc) is 3.15. The lowest BCUT2D eigenvalue weighted by atomic mass is 9.72. The minimum absolute atomic E-state index is 0.0732. The molecule has 1 aromatic rings. The number of rotatable bonds is 4. The van der Waals surface area contributed by atoms with Crippen molar-refractivity contribution in [2.75, 3.05) is 36.5 Å². The van der Waals surface area contributed by atoms with Crippen LogP contribution in [0.5, 0.6) is 5.88 Å². The fourth-order valence-corrected chi connectivity index (χ4v) is 6.38. The summed E-state index contributed by atoms with van der Waals surface area (Å²) in [5, 5.41) is 6.15. The van der Waals surface area contributed by atoms with Crippen LogP contribution in [0.15, 0.2) is 0 Å². The molecule has 5 aliphatic rings. The van der Waals surface area contributed by atoms with Gasteiger partial charge in [0.15, 0.2) is 0 Å². The third-order valence-electron chi connectivity index (χ3n) is 8.31. The molecule has 0 radical (unpaired) electrons. The van der Waals surface area contributed by atoms with Crippen LogP contribution in [0.4, 0.5) is 20.5 Å². The number of piperidine rings is 1. The van der Waals surface area contributed by atoms with E-state index in [-0.39, 0.29) is 11.9 Å². The number of halogens is 2. The zero-order chi connectivity index (χ0) is 20.6. The Kier molecular flexibility index (Phi) is 3.82. The molecule has 0 unspecified atom stereocenters. The van der Waals surface area contributed by atoms with Gasteiger partial charge in [-0.15, -0.1) is 0 Å². The van der Waals surface area contributed by atoms with E-state index in [9.17, 15) is 13.6 Å². The highest BCUT2D eigenvalue weighted by molar-refractivity contribution is 5.78. The number of hydrogen-bond donors (Lipinski definition) is 2. The Morgan fingerprint density at radius 1 is 1.13 bits per heavy atom. The number of nitrogens with zero attached hydrogens (tertiary/aromatic N) is 3. The summed E-state index contributed by atoms with van der Waals surface area (Å²) in [5.41, 5.74) is -0.517. The van der Waals surface area contributed by atoms with Gasteiger partial charge in [-0.25, -0.2) is 8.78 Å². The van der Waals surface area contributed by atoms with Gasteiger partial charge < -0.3 is 20.3 Å². The quantitative estimate of drug-likeness (QED) is 0.781. The molecular formula is C21H27F2N5O2. The number of carbonyl (C=O) groups excluding carboxylic acids is 1. The number of nitrogens with one attached hydrogen (secondary N) is 2. The van der Waals surface area contributed by atoms with E-state index in [0.29, 0.717) is 70.2 Å². The van der Waals surface area contributed by atoms with Crippen LogP contribution in [0.3, 0.4) is 0 Å². The van der Waals surface area contributed by atoms with Crippen LogP contribution in [0, 0.1) is 10.8 Å². The van der Waals surface area contributed by atoms with Gasteiger partial charge in [0.05, 0.1) is 12.2 Å². The van der Waals surface area contributed by atoms with Crippen molar-refractivity contribution in [2.45, 2.75) is 63.3 Å². The third-order valence-corrected chi connectivity index (χ3v) is 8.31. The van der Waals surface area contributed by atoms with Crippen molar-refractivity contribution < 1.29 is 18.3 Å². The molecule has 2 aliphatic carbocycles. The molecule has 2 saturated carbocycles. The van der Waals surface area contributed by atoms with Crippen LogP contribution >= 0.6 is 0 Å². The molecule has 9 heteroatoms. The van der Waals surface area contributed by atoms with Crippen molar-refractivity contribution in [3.8, 4) is 5.88 Å². The van der Waals surface area contributed by atoms with Crippen molar-refractivity contribution in [3.05, 3.63) is 5.56 Å². The predicted octanol–water partition coefficient (Wildman–Crippen LogP) is 2.51. The standard InChI is InChI=1S/C21H27F2N5O2/c22-21(23)19(5-1-6-19)20(21)7-9-28(10-8-20)16-14-4-11-30-17(14)27-18(26-16)24-12-13-2-3-15(29)25-13/h13H,1-12H2,(H,25,29)(H,24,26,27)/t13-/m0/s1. The van der Waals surface area contributed by atoms with Crippen LogP contribution < -0.4 is 20.3 Å². The fraction of sp³-hybridized carbons (Fsp3) is 0.762. The molecule has 2 saturated heterocycles. The highest BCUT2D eigenvalue weighted by Gasteiger charge is 2.91. The minimum atomic E-state index is -2.50. The summed E-state index contributed by atoms with van der Waals surface area (Å²) in [6, 6.07) is 0.0735. The van der Waals surface area contributed by atoms with Crippen LogP contribution in [0.1, 0.15) is 50.5 Å². The lowest BCUT2D eigenvalue weighted by Gasteiger charge is -2.37. The van der Waals surface area contributed by atoms with Crippen molar-refractivity contribution in [1.82, 2.24) is 15.3 Å². The van der Waals surface area contributed by atoms with Gasteiger partial charge in [0, 0.05) is 49.3 Å². The summed E-state index contributed by atoms with van der Waals surface area (Å²) < 4.78 is 35.2. The smallest absolute Gasteiger partial charge is 0.260 e. The Morgan fingerprint density at radius 3 is 2.53 bits per heavy atom. The summed E-state index contributed by atoms with van der Waals surface area (Å²) in [6.45, 7) is 2.32. The number of anilines is 2. The normalized spacial score (nSPS) is 29.3. The van der Waals surface area contributed by atoms with E-state index in [2.05, 4.69) is 20.5 Å². The molecule has 4 fully saturated rings. The summed E-state index contributed by atoms with van der Waals surface area (Å²) in [5.74, 6) is -0.551.